The number of hydrogen-bond donors (Lipinski definition) is 5. The van der Waals surface area contributed by atoms with Crippen molar-refractivity contribution in [3.8, 4) is 11.5 Å². The number of amides is 1. The van der Waals surface area contributed by atoms with Gasteiger partial charge in [-0.05, 0) is 79.3 Å². The Morgan fingerprint density at radius 2 is 1.16 bits per heavy atom. The molecule has 0 aliphatic rings. The van der Waals surface area contributed by atoms with E-state index in [-0.39, 0.29) is 35.7 Å². The third-order valence-electron chi connectivity index (χ3n) is 8.71. The number of carbonyl (C=O) groups is 3. The number of unbranched alkanes of at least 4 members (excludes halogenated alkanes) is 6. The van der Waals surface area contributed by atoms with Gasteiger partial charge >= 0.3 is 27.1 Å². The number of nitrogens with one attached hydrogen (secondary N) is 1. The summed E-state index contributed by atoms with van der Waals surface area (Å²) >= 11 is 0. The second kappa shape index (κ2) is 21.5. The van der Waals surface area contributed by atoms with E-state index in [4.69, 9.17) is 9.47 Å². The zero-order chi connectivity index (χ0) is 37.3. The largest absolute Gasteiger partial charge is 0.427 e. The lowest BCUT2D eigenvalue weighted by Crippen LogP contribution is -2.18. The first-order valence-corrected chi connectivity index (χ1v) is 21.1. The van der Waals surface area contributed by atoms with E-state index in [1.165, 1.54) is 0 Å². The Hall–Kier alpha value is -2.85. The van der Waals surface area contributed by atoms with E-state index in [2.05, 4.69) is 26.1 Å². The van der Waals surface area contributed by atoms with Gasteiger partial charge in [0.25, 0.3) is 0 Å². The van der Waals surface area contributed by atoms with Crippen molar-refractivity contribution < 1.29 is 52.6 Å². The van der Waals surface area contributed by atoms with E-state index in [9.17, 15) is 43.1 Å². The fraction of sp³-hybridized carbons (Fsp3) is 0.583. The van der Waals surface area contributed by atoms with Gasteiger partial charge in [-0.15, -0.1) is 0 Å². The highest BCUT2D eigenvalue weighted by Crippen LogP contribution is 2.61. The topological polar surface area (TPSA) is 197 Å². The summed E-state index contributed by atoms with van der Waals surface area (Å²) in [5, 5.41) is 0.326. The van der Waals surface area contributed by atoms with Gasteiger partial charge in [0.05, 0.1) is 5.69 Å². The normalized spacial score (nSPS) is 13.1. The maximum Gasteiger partial charge on any atom is 0.340 e. The molecule has 0 spiro atoms. The number of hydrogen-bond acceptors (Lipinski definition) is 7. The molecule has 2 rings (SSSR count). The van der Waals surface area contributed by atoms with Crippen LogP contribution in [0.25, 0.3) is 0 Å². The van der Waals surface area contributed by atoms with Crippen LogP contribution < -0.4 is 14.8 Å². The van der Waals surface area contributed by atoms with Crippen LogP contribution in [0.15, 0.2) is 42.5 Å². The molecule has 280 valence electrons. The maximum atomic E-state index is 13.0. The van der Waals surface area contributed by atoms with Crippen LogP contribution in [-0.4, -0.2) is 42.8 Å². The summed E-state index contributed by atoms with van der Waals surface area (Å²) in [5.41, 5.74) is 2.02. The molecule has 14 heteroatoms. The van der Waals surface area contributed by atoms with Crippen LogP contribution in [0.2, 0.25) is 0 Å². The average Bonchev–Trinajstić information content (AvgIpc) is 3.04. The van der Waals surface area contributed by atoms with Crippen molar-refractivity contribution >= 4 is 38.7 Å². The van der Waals surface area contributed by atoms with E-state index in [1.54, 1.807) is 24.3 Å². The molecule has 0 saturated heterocycles. The lowest BCUT2D eigenvalue weighted by molar-refractivity contribution is -0.135. The Bertz CT molecular complexity index is 1450. The minimum atomic E-state index is -5.20. The molecular weight excluding hydrogens is 684 g/mol. The molecule has 0 saturated carbocycles. The lowest BCUT2D eigenvalue weighted by Gasteiger charge is -2.27. The molecule has 2 atom stereocenters. The molecule has 1 amide bonds. The summed E-state index contributed by atoms with van der Waals surface area (Å²) in [6.45, 7) is 8.27. The number of ether oxygens (including phenoxy) is 2. The summed E-state index contributed by atoms with van der Waals surface area (Å²) < 4.78 is 34.6. The van der Waals surface area contributed by atoms with Crippen LogP contribution in [0, 0.1) is 0 Å². The van der Waals surface area contributed by atoms with Gasteiger partial charge in [0.2, 0.25) is 5.91 Å². The average molecular weight is 740 g/mol. The van der Waals surface area contributed by atoms with Crippen molar-refractivity contribution in [2.24, 2.45) is 0 Å². The van der Waals surface area contributed by atoms with E-state index in [0.29, 0.717) is 25.0 Å². The van der Waals surface area contributed by atoms with Crippen molar-refractivity contribution in [1.29, 1.82) is 0 Å². The molecule has 2 unspecified atom stereocenters. The first-order chi connectivity index (χ1) is 23.6. The van der Waals surface area contributed by atoms with Crippen LogP contribution in [0.5, 0.6) is 11.5 Å². The molecule has 0 heterocycles. The molecule has 0 bridgehead atoms. The summed E-state index contributed by atoms with van der Waals surface area (Å²) in [6, 6.07) is 12.6. The third-order valence-corrected chi connectivity index (χ3v) is 12.6. The van der Waals surface area contributed by atoms with Gasteiger partial charge < -0.3 is 34.4 Å². The highest BCUT2D eigenvalue weighted by molar-refractivity contribution is 7.70. The van der Waals surface area contributed by atoms with Crippen molar-refractivity contribution in [2.45, 2.75) is 135 Å². The van der Waals surface area contributed by atoms with E-state index in [1.807, 2.05) is 25.1 Å². The van der Waals surface area contributed by atoms with Gasteiger partial charge in [-0.3, -0.25) is 23.5 Å². The second-order valence-corrected chi connectivity index (χ2v) is 16.7. The van der Waals surface area contributed by atoms with Crippen molar-refractivity contribution in [3.63, 3.8) is 0 Å². The summed E-state index contributed by atoms with van der Waals surface area (Å²) in [4.78, 5) is 75.9. The first-order valence-electron chi connectivity index (χ1n) is 17.7. The van der Waals surface area contributed by atoms with Gasteiger partial charge in [-0.1, -0.05) is 84.4 Å². The predicted molar refractivity (Wildman–Crippen MR) is 193 cm³/mol. The fourth-order valence-corrected chi connectivity index (χ4v) is 8.51. The summed E-state index contributed by atoms with van der Waals surface area (Å²) in [7, 11) is -10.4. The molecule has 0 aliphatic carbocycles. The smallest absolute Gasteiger partial charge is 0.340 e. The molecule has 0 aliphatic heterocycles. The van der Waals surface area contributed by atoms with Crippen LogP contribution in [0.3, 0.4) is 0 Å². The molecule has 0 radical (unpaired) electrons. The number of carbonyl (C=O) groups excluding carboxylic acids is 3. The van der Waals surface area contributed by atoms with Gasteiger partial charge in [-0.2, -0.15) is 0 Å². The van der Waals surface area contributed by atoms with E-state index >= 15 is 0 Å². The summed E-state index contributed by atoms with van der Waals surface area (Å²) in [6.07, 6.45) is 8.12. The summed E-state index contributed by atoms with van der Waals surface area (Å²) in [5.74, 6) is -0.951. The van der Waals surface area contributed by atoms with Gasteiger partial charge in [0.15, 0.2) is 11.1 Å². The van der Waals surface area contributed by atoms with Crippen LogP contribution in [-0.2, 0) is 23.5 Å². The third kappa shape index (κ3) is 14.8. The molecule has 2 aromatic carbocycles. The Kier molecular flexibility index (Phi) is 18.6. The van der Waals surface area contributed by atoms with Crippen molar-refractivity contribution in [2.75, 3.05) is 5.32 Å². The monoisotopic (exact) mass is 739 g/mol. The minimum Gasteiger partial charge on any atom is -0.427 e. The lowest BCUT2D eigenvalue weighted by atomic mass is 9.78. The zero-order valence-corrected chi connectivity index (χ0v) is 31.5. The van der Waals surface area contributed by atoms with Gasteiger partial charge in [0.1, 0.15) is 5.75 Å². The number of anilines is 1. The number of rotatable bonds is 23. The van der Waals surface area contributed by atoms with Crippen molar-refractivity contribution in [1.82, 2.24) is 0 Å². The highest BCUT2D eigenvalue weighted by atomic mass is 31.2. The molecule has 2 aromatic rings. The SMILES string of the molecule is CCCCCCC(=O)Oc1ccc(C(CC)C(CC)c2ccc(OC(=O)CCCCCC)c(NC(=O)CCC(P(=O)(O)O)P(=O)(O)O)c2)cc1. The van der Waals surface area contributed by atoms with E-state index in [0.717, 1.165) is 62.5 Å². The Balaban J connectivity index is 2.33. The molecular formula is C36H55NO11P2. The fourth-order valence-electron chi connectivity index (χ4n) is 6.01. The number of benzene rings is 2. The number of esters is 2. The van der Waals surface area contributed by atoms with Gasteiger partial charge in [0, 0.05) is 19.3 Å². The Morgan fingerprint density at radius 1 is 0.660 bits per heavy atom. The quantitative estimate of drug-likeness (QED) is 0.0317. The minimum absolute atomic E-state index is 0.0292. The van der Waals surface area contributed by atoms with Crippen LogP contribution in [0.1, 0.15) is 141 Å². The molecule has 5 N–H and O–H groups in total. The second-order valence-electron chi connectivity index (χ2n) is 12.7. The molecule has 50 heavy (non-hydrogen) atoms. The highest BCUT2D eigenvalue weighted by Gasteiger charge is 2.43. The predicted octanol–water partition coefficient (Wildman–Crippen LogP) is 8.53. The first kappa shape index (κ1) is 43.3. The maximum absolute atomic E-state index is 13.0. The van der Waals surface area contributed by atoms with E-state index < -0.39 is 45.3 Å². The molecule has 0 aromatic heterocycles. The standard InChI is InChI=1S/C36H55NO11P2/c1-5-9-11-13-15-34(39)47-28-20-17-26(18-21-28)29(7-3)30(8-4)27-19-22-32(48-35(40)16-14-12-10-6-2)31(25-27)37-33(38)23-24-36(49(41,42)43)50(44,45)46/h17-22,25,29-30,36H,5-16,23-24H2,1-4H3,(H,37,38)(H2,41,42,43)(H2,44,45,46). The van der Waals surface area contributed by atoms with Crippen molar-refractivity contribution in [3.05, 3.63) is 53.6 Å². The molecule has 0 fully saturated rings. The zero-order valence-electron chi connectivity index (χ0n) is 29.7. The van der Waals surface area contributed by atoms with Gasteiger partial charge in [-0.25, -0.2) is 0 Å². The Morgan fingerprint density at radius 3 is 1.66 bits per heavy atom. The van der Waals surface area contributed by atoms with Crippen LogP contribution >= 0.6 is 15.2 Å². The van der Waals surface area contributed by atoms with Crippen LogP contribution in [0.4, 0.5) is 5.69 Å². The molecule has 12 nitrogen and oxygen atoms in total. The Labute approximate surface area is 296 Å².